The third-order valence-corrected chi connectivity index (χ3v) is 16.0. The fraction of sp³-hybridized carbons (Fsp3) is 0.512. The van der Waals surface area contributed by atoms with Gasteiger partial charge in [0.2, 0.25) is 11.9 Å². The van der Waals surface area contributed by atoms with E-state index in [0.29, 0.717) is 59.3 Å². The molecular weight excluding hydrogens is 776 g/mol. The van der Waals surface area contributed by atoms with Crippen molar-refractivity contribution in [3.63, 3.8) is 0 Å². The number of likely N-dealkylation sites (tertiary alicyclic amines) is 1. The van der Waals surface area contributed by atoms with E-state index in [1.807, 2.05) is 19.1 Å². The van der Waals surface area contributed by atoms with Crippen LogP contribution in [-0.2, 0) is 14.6 Å². The standard InChI is InChI=1S/C43H51ClN8O5S/c1-28-21-34(9-10-37(28)46-41-45-26-30-22-36(44)40(54)52(39(30)48-41)31-5-2-3-6-31)58(56,57)35-24-43(25-35)14-19-49(20-15-43)27-29-11-16-50(17-12-29)32-7-4-8-33(23-32)51-18-13-38(53)47-42(51)55/h4,7-10,21-23,26,29,31,35H,2-3,5-6,11-20,24-25,27H2,1H3,(H,45,46,48)(H,47,53,55). The maximum Gasteiger partial charge on any atom is 0.328 e. The Labute approximate surface area is 344 Å². The number of piperidine rings is 2. The van der Waals surface area contributed by atoms with Gasteiger partial charge in [0.15, 0.2) is 9.84 Å². The number of benzene rings is 2. The number of sulfone groups is 1. The maximum atomic E-state index is 13.9. The van der Waals surface area contributed by atoms with E-state index in [1.54, 1.807) is 39.9 Å². The number of hydrogen-bond acceptors (Lipinski definition) is 10. The summed E-state index contributed by atoms with van der Waals surface area (Å²) in [6.07, 6.45) is 11.6. The van der Waals surface area contributed by atoms with Gasteiger partial charge >= 0.3 is 6.03 Å². The van der Waals surface area contributed by atoms with Crippen molar-refractivity contribution in [2.45, 2.75) is 93.7 Å². The predicted octanol–water partition coefficient (Wildman–Crippen LogP) is 6.99. The van der Waals surface area contributed by atoms with Gasteiger partial charge in [0.25, 0.3) is 5.56 Å². The molecule has 3 amide bonds. The second-order valence-corrected chi connectivity index (χ2v) is 19.9. The number of nitrogens with one attached hydrogen (secondary N) is 2. The lowest BCUT2D eigenvalue weighted by molar-refractivity contribution is -0.120. The van der Waals surface area contributed by atoms with Crippen molar-refractivity contribution in [2.75, 3.05) is 54.4 Å². The van der Waals surface area contributed by atoms with Crippen LogP contribution in [0.15, 0.2) is 64.4 Å². The molecular formula is C43H51ClN8O5S. The topological polar surface area (TPSA) is 150 Å². The number of nitrogens with zero attached hydrogens (tertiary/aromatic N) is 6. The number of urea groups is 1. The molecule has 13 nitrogen and oxygen atoms in total. The molecule has 2 saturated carbocycles. The SMILES string of the molecule is Cc1cc(S(=O)(=O)C2CC3(CCN(CC4CCN(c5cccc(N6CCC(=O)NC6=O)c5)CC4)CC3)C2)ccc1Nc1ncc2cc(Cl)c(=O)n(C3CCCC3)c2n1. The second-order valence-electron chi connectivity index (χ2n) is 17.3. The van der Waals surface area contributed by atoms with E-state index in [1.165, 1.54) is 0 Å². The molecule has 58 heavy (non-hydrogen) atoms. The molecule has 306 valence electrons. The lowest BCUT2D eigenvalue weighted by Gasteiger charge is -2.52. The molecule has 0 unspecified atom stereocenters. The quantitative estimate of drug-likeness (QED) is 0.181. The van der Waals surface area contributed by atoms with E-state index in [2.05, 4.69) is 37.6 Å². The molecule has 0 bridgehead atoms. The zero-order valence-corrected chi connectivity index (χ0v) is 34.5. The van der Waals surface area contributed by atoms with Crippen LogP contribution in [0.25, 0.3) is 11.0 Å². The van der Waals surface area contributed by atoms with Crippen LogP contribution in [-0.4, -0.2) is 84.3 Å². The average molecular weight is 827 g/mol. The molecule has 2 aromatic heterocycles. The Balaban J connectivity index is 0.765. The minimum atomic E-state index is -3.48. The first-order valence-electron chi connectivity index (χ1n) is 20.8. The van der Waals surface area contributed by atoms with Crippen LogP contribution in [0.4, 0.5) is 27.8 Å². The highest BCUT2D eigenvalue weighted by atomic mass is 35.5. The minimum Gasteiger partial charge on any atom is -0.371 e. The van der Waals surface area contributed by atoms with Crippen molar-refractivity contribution in [1.29, 1.82) is 0 Å². The summed E-state index contributed by atoms with van der Waals surface area (Å²) in [4.78, 5) is 53.2. The normalized spacial score (nSPS) is 21.1. The third-order valence-electron chi connectivity index (χ3n) is 13.6. The smallest absolute Gasteiger partial charge is 0.328 e. The van der Waals surface area contributed by atoms with Crippen molar-refractivity contribution in [2.24, 2.45) is 11.3 Å². The number of hydrogen-bond donors (Lipinski definition) is 2. The van der Waals surface area contributed by atoms with Gasteiger partial charge in [-0.25, -0.2) is 18.2 Å². The van der Waals surface area contributed by atoms with Crippen molar-refractivity contribution < 1.29 is 18.0 Å². The zero-order chi connectivity index (χ0) is 40.2. The summed E-state index contributed by atoms with van der Waals surface area (Å²) in [6, 6.07) is 14.6. The van der Waals surface area contributed by atoms with E-state index in [-0.39, 0.29) is 39.2 Å². The lowest BCUT2D eigenvalue weighted by atomic mass is 9.63. The minimum absolute atomic E-state index is 0.0571. The Kier molecular flexibility index (Phi) is 10.5. The van der Waals surface area contributed by atoms with Gasteiger partial charge in [0.05, 0.1) is 10.1 Å². The number of aryl methyl sites for hydroxylation is 1. The molecule has 2 aliphatic carbocycles. The summed E-state index contributed by atoms with van der Waals surface area (Å²) in [6.45, 7) is 7.30. The first-order valence-corrected chi connectivity index (χ1v) is 22.8. The number of pyridine rings is 1. The van der Waals surface area contributed by atoms with E-state index in [0.717, 1.165) is 101 Å². The molecule has 5 heterocycles. The van der Waals surface area contributed by atoms with Crippen LogP contribution in [0.1, 0.15) is 82.2 Å². The summed E-state index contributed by atoms with van der Waals surface area (Å²) in [5.74, 6) is 0.727. The highest BCUT2D eigenvalue weighted by Crippen LogP contribution is 2.53. The number of halogens is 1. The molecule has 3 aliphatic heterocycles. The Hall–Kier alpha value is -4.53. The highest BCUT2D eigenvalue weighted by molar-refractivity contribution is 7.92. The number of carbonyl (C=O) groups excluding carboxylic acids is 2. The van der Waals surface area contributed by atoms with Crippen molar-refractivity contribution in [3.05, 3.63) is 75.7 Å². The van der Waals surface area contributed by atoms with Gasteiger partial charge in [-0.2, -0.15) is 4.98 Å². The van der Waals surface area contributed by atoms with Gasteiger partial charge in [-0.15, -0.1) is 0 Å². The van der Waals surface area contributed by atoms with Crippen LogP contribution < -0.4 is 26.0 Å². The molecule has 5 aliphatic rings. The monoisotopic (exact) mass is 826 g/mol. The zero-order valence-electron chi connectivity index (χ0n) is 33.0. The first kappa shape index (κ1) is 39.0. The molecule has 5 fully saturated rings. The molecule has 9 rings (SSSR count). The van der Waals surface area contributed by atoms with Crippen molar-refractivity contribution in [3.8, 4) is 0 Å². The van der Waals surface area contributed by atoms with Crippen molar-refractivity contribution >= 4 is 67.4 Å². The molecule has 2 aromatic carbocycles. The number of anilines is 4. The van der Waals surface area contributed by atoms with Crippen LogP contribution in [0.3, 0.4) is 0 Å². The maximum absolute atomic E-state index is 13.9. The Morgan fingerprint density at radius 2 is 1.66 bits per heavy atom. The van der Waals surface area contributed by atoms with E-state index < -0.39 is 9.84 Å². The lowest BCUT2D eigenvalue weighted by Crippen LogP contribution is -2.52. The molecule has 2 N–H and O–H groups in total. The van der Waals surface area contributed by atoms with E-state index >= 15 is 0 Å². The molecule has 15 heteroatoms. The summed E-state index contributed by atoms with van der Waals surface area (Å²) in [5, 5.41) is 6.17. The largest absolute Gasteiger partial charge is 0.371 e. The molecule has 0 radical (unpaired) electrons. The molecule has 3 saturated heterocycles. The van der Waals surface area contributed by atoms with Gasteiger partial charge in [-0.1, -0.05) is 30.5 Å². The molecule has 1 spiro atoms. The number of carbonyl (C=O) groups is 2. The number of aromatic nitrogens is 3. The molecule has 4 aromatic rings. The Morgan fingerprint density at radius 1 is 0.914 bits per heavy atom. The van der Waals surface area contributed by atoms with Gasteiger partial charge in [0.1, 0.15) is 10.7 Å². The number of amides is 3. The highest BCUT2D eigenvalue weighted by Gasteiger charge is 2.51. The fourth-order valence-electron chi connectivity index (χ4n) is 10.1. The van der Waals surface area contributed by atoms with Gasteiger partial charge in [0, 0.05) is 67.3 Å². The van der Waals surface area contributed by atoms with Crippen LogP contribution in [0.5, 0.6) is 0 Å². The van der Waals surface area contributed by atoms with Crippen LogP contribution in [0.2, 0.25) is 5.02 Å². The van der Waals surface area contributed by atoms with E-state index in [4.69, 9.17) is 16.6 Å². The number of imide groups is 1. The van der Waals surface area contributed by atoms with Crippen LogP contribution >= 0.6 is 11.6 Å². The summed E-state index contributed by atoms with van der Waals surface area (Å²) in [5.41, 5.74) is 3.82. The Morgan fingerprint density at radius 3 is 2.38 bits per heavy atom. The first-order chi connectivity index (χ1) is 27.9. The second kappa shape index (κ2) is 15.6. The summed E-state index contributed by atoms with van der Waals surface area (Å²) in [7, 11) is -3.48. The van der Waals surface area contributed by atoms with Crippen molar-refractivity contribution in [1.82, 2.24) is 24.8 Å². The molecule has 0 atom stereocenters. The van der Waals surface area contributed by atoms with Gasteiger partial charge in [-0.05, 0) is 131 Å². The summed E-state index contributed by atoms with van der Waals surface area (Å²) < 4.78 is 29.5. The third kappa shape index (κ3) is 7.59. The Bertz CT molecular complexity index is 2410. The fourth-order valence-corrected chi connectivity index (χ4v) is 12.4. The van der Waals surface area contributed by atoms with Gasteiger partial charge in [-0.3, -0.25) is 24.4 Å². The number of fused-ring (bicyclic) bond motifs is 1. The predicted molar refractivity (Wildman–Crippen MR) is 226 cm³/mol. The summed E-state index contributed by atoms with van der Waals surface area (Å²) >= 11 is 6.30. The van der Waals surface area contributed by atoms with Gasteiger partial charge < -0.3 is 15.1 Å². The number of rotatable bonds is 9. The average Bonchev–Trinajstić information content (AvgIpc) is 3.74. The van der Waals surface area contributed by atoms with E-state index in [9.17, 15) is 22.8 Å². The van der Waals surface area contributed by atoms with Crippen LogP contribution in [0, 0.1) is 18.3 Å².